The molecule has 0 saturated carbocycles. The molecule has 0 atom stereocenters. The van der Waals surface area contributed by atoms with Gasteiger partial charge in [-0.3, -0.25) is 0 Å². The number of benzene rings is 1. The maximum atomic E-state index is 4.71. The van der Waals surface area contributed by atoms with Crippen molar-refractivity contribution in [2.45, 2.75) is 6.92 Å². The van der Waals surface area contributed by atoms with Crippen LogP contribution in [-0.2, 0) is 0 Å². The van der Waals surface area contributed by atoms with E-state index in [-0.39, 0.29) is 0 Å². The van der Waals surface area contributed by atoms with Gasteiger partial charge in [-0.1, -0.05) is 30.4 Å². The average molecular weight is 316 g/mol. The first-order valence-corrected chi connectivity index (χ1v) is 8.12. The zero-order valence-electron chi connectivity index (χ0n) is 13.9. The zero-order valence-corrected chi connectivity index (χ0v) is 13.9. The molecule has 0 amide bonds. The summed E-state index contributed by atoms with van der Waals surface area (Å²) >= 11 is 0. The van der Waals surface area contributed by atoms with Crippen LogP contribution in [0, 0.1) is 6.92 Å². The smallest absolute Gasteiger partial charge is 0.137 e. The highest BCUT2D eigenvalue weighted by Crippen LogP contribution is 2.25. The summed E-state index contributed by atoms with van der Waals surface area (Å²) in [5.74, 6) is 1.11. The van der Waals surface area contributed by atoms with Crippen LogP contribution in [0.15, 0.2) is 72.8 Å². The van der Waals surface area contributed by atoms with Crippen molar-refractivity contribution in [1.82, 2.24) is 14.7 Å². The largest absolute Gasteiger partial charge is 0.375 e. The predicted molar refractivity (Wildman–Crippen MR) is 99.0 cm³/mol. The Morgan fingerprint density at radius 1 is 1.04 bits per heavy atom. The van der Waals surface area contributed by atoms with Gasteiger partial charge >= 0.3 is 0 Å². The molecule has 1 aromatic carbocycles. The van der Waals surface area contributed by atoms with Gasteiger partial charge in [-0.05, 0) is 36.8 Å². The van der Waals surface area contributed by atoms with Crippen molar-refractivity contribution in [3.63, 3.8) is 0 Å². The minimum Gasteiger partial charge on any atom is -0.375 e. The highest BCUT2D eigenvalue weighted by molar-refractivity contribution is 5.66. The van der Waals surface area contributed by atoms with Crippen LogP contribution in [0.1, 0.15) is 5.56 Å². The monoisotopic (exact) mass is 316 g/mol. The number of nitrogens with one attached hydrogen (secondary N) is 1. The molecule has 3 heterocycles. The Labute approximate surface area is 141 Å². The van der Waals surface area contributed by atoms with E-state index in [0.29, 0.717) is 0 Å². The van der Waals surface area contributed by atoms with Crippen LogP contribution in [0.3, 0.4) is 0 Å². The van der Waals surface area contributed by atoms with Gasteiger partial charge in [0.25, 0.3) is 0 Å². The second-order valence-electron chi connectivity index (χ2n) is 5.99. The van der Waals surface area contributed by atoms with Crippen LogP contribution in [0.25, 0.3) is 16.9 Å². The number of anilines is 1. The van der Waals surface area contributed by atoms with E-state index in [1.807, 2.05) is 7.05 Å². The van der Waals surface area contributed by atoms with Crippen LogP contribution in [0.5, 0.6) is 0 Å². The maximum Gasteiger partial charge on any atom is 0.137 e. The lowest BCUT2D eigenvalue weighted by Crippen LogP contribution is -2.31. The number of rotatable bonds is 3. The summed E-state index contributed by atoms with van der Waals surface area (Å²) in [4.78, 5) is 6.96. The molecule has 120 valence electrons. The van der Waals surface area contributed by atoms with E-state index in [9.17, 15) is 0 Å². The molecule has 0 fully saturated rings. The lowest BCUT2D eigenvalue weighted by molar-refractivity contribution is 0.859. The summed E-state index contributed by atoms with van der Waals surface area (Å²) in [6.45, 7) is 2.97. The number of imidazole rings is 1. The molecule has 4 nitrogen and oxygen atoms in total. The third kappa shape index (κ3) is 2.56. The number of aromatic nitrogens is 2. The summed E-state index contributed by atoms with van der Waals surface area (Å²) in [5.41, 5.74) is 5.49. The van der Waals surface area contributed by atoms with Crippen molar-refractivity contribution in [3.05, 3.63) is 78.4 Å². The molecule has 0 radical (unpaired) electrons. The second kappa shape index (κ2) is 5.89. The van der Waals surface area contributed by atoms with Crippen LogP contribution in [0.2, 0.25) is 0 Å². The Kier molecular flexibility index (Phi) is 3.58. The maximum absolute atomic E-state index is 4.71. The lowest BCUT2D eigenvalue weighted by Gasteiger charge is -2.28. The summed E-state index contributed by atoms with van der Waals surface area (Å²) in [6, 6.07) is 12.7. The van der Waals surface area contributed by atoms with Crippen LogP contribution < -0.4 is 10.2 Å². The Morgan fingerprint density at radius 2 is 1.88 bits per heavy atom. The van der Waals surface area contributed by atoms with E-state index in [4.69, 9.17) is 4.98 Å². The molecular weight excluding hydrogens is 296 g/mol. The molecule has 0 bridgehead atoms. The molecule has 4 rings (SSSR count). The molecule has 24 heavy (non-hydrogen) atoms. The van der Waals surface area contributed by atoms with Crippen molar-refractivity contribution < 1.29 is 0 Å². The van der Waals surface area contributed by atoms with Gasteiger partial charge in [-0.15, -0.1) is 0 Å². The highest BCUT2D eigenvalue weighted by Gasteiger charge is 2.12. The number of hydrogen-bond donors (Lipinski definition) is 1. The van der Waals surface area contributed by atoms with E-state index in [1.165, 1.54) is 11.3 Å². The third-order valence-electron chi connectivity index (χ3n) is 4.30. The quantitative estimate of drug-likeness (QED) is 0.799. The van der Waals surface area contributed by atoms with Crippen LogP contribution in [0.4, 0.5) is 5.69 Å². The van der Waals surface area contributed by atoms with Crippen molar-refractivity contribution in [3.8, 4) is 11.3 Å². The number of pyridine rings is 1. The van der Waals surface area contributed by atoms with E-state index in [1.54, 1.807) is 0 Å². The SMILES string of the molecule is CNC1=CC=CCN1c1ccc(-c2cn3cc(C)ccc3n2)cc1. The summed E-state index contributed by atoms with van der Waals surface area (Å²) < 4.78 is 2.08. The van der Waals surface area contributed by atoms with Gasteiger partial charge in [0.1, 0.15) is 11.5 Å². The van der Waals surface area contributed by atoms with Crippen LogP contribution >= 0.6 is 0 Å². The van der Waals surface area contributed by atoms with Crippen molar-refractivity contribution in [1.29, 1.82) is 0 Å². The highest BCUT2D eigenvalue weighted by atomic mass is 15.2. The Morgan fingerprint density at radius 3 is 2.67 bits per heavy atom. The number of nitrogens with zero attached hydrogens (tertiary/aromatic N) is 3. The molecule has 0 spiro atoms. The van der Waals surface area contributed by atoms with Crippen molar-refractivity contribution in [2.75, 3.05) is 18.5 Å². The molecule has 1 aliphatic rings. The summed E-state index contributed by atoms with van der Waals surface area (Å²) in [6.07, 6.45) is 10.5. The fourth-order valence-corrected chi connectivity index (χ4v) is 3.03. The fraction of sp³-hybridized carbons (Fsp3) is 0.150. The summed E-state index contributed by atoms with van der Waals surface area (Å²) in [5, 5.41) is 3.24. The number of aryl methyl sites for hydroxylation is 1. The third-order valence-corrected chi connectivity index (χ3v) is 4.30. The summed E-state index contributed by atoms with van der Waals surface area (Å²) in [7, 11) is 1.95. The van der Waals surface area contributed by atoms with Gasteiger partial charge in [0, 0.05) is 37.2 Å². The van der Waals surface area contributed by atoms with E-state index >= 15 is 0 Å². The van der Waals surface area contributed by atoms with Crippen LogP contribution in [-0.4, -0.2) is 23.0 Å². The minimum absolute atomic E-state index is 0.875. The van der Waals surface area contributed by atoms with Gasteiger partial charge in [0.15, 0.2) is 0 Å². The standard InChI is InChI=1S/C20H20N4/c1-15-6-11-20-22-18(14-23(20)13-15)16-7-9-17(10-8-16)24-12-4-3-5-19(24)21-2/h3-11,13-14,21H,12H2,1-2H3. The number of allylic oxidation sites excluding steroid dienone is 2. The van der Waals surface area contributed by atoms with E-state index < -0.39 is 0 Å². The predicted octanol–water partition coefficient (Wildman–Crippen LogP) is 3.75. The van der Waals surface area contributed by atoms with Gasteiger partial charge in [-0.25, -0.2) is 4.98 Å². The zero-order chi connectivity index (χ0) is 16.5. The molecule has 0 saturated heterocycles. The number of hydrogen-bond acceptors (Lipinski definition) is 3. The molecular formula is C20H20N4. The van der Waals surface area contributed by atoms with Gasteiger partial charge in [0.05, 0.1) is 5.69 Å². The molecule has 3 aromatic rings. The van der Waals surface area contributed by atoms with Gasteiger partial charge in [-0.2, -0.15) is 0 Å². The van der Waals surface area contributed by atoms with Crippen molar-refractivity contribution >= 4 is 11.3 Å². The fourth-order valence-electron chi connectivity index (χ4n) is 3.03. The molecule has 2 aromatic heterocycles. The van der Waals surface area contributed by atoms with Crippen molar-refractivity contribution in [2.24, 2.45) is 0 Å². The molecule has 0 unspecified atom stereocenters. The van der Waals surface area contributed by atoms with E-state index in [2.05, 4.69) is 88.6 Å². The Bertz CT molecular complexity index is 932. The van der Waals surface area contributed by atoms with Gasteiger partial charge < -0.3 is 14.6 Å². The first-order chi connectivity index (χ1) is 11.7. The molecule has 1 N–H and O–H groups in total. The average Bonchev–Trinajstić information content (AvgIpc) is 3.05. The Balaban J connectivity index is 1.65. The first kappa shape index (κ1) is 14.6. The second-order valence-corrected chi connectivity index (χ2v) is 5.99. The molecule has 1 aliphatic heterocycles. The minimum atomic E-state index is 0.875. The first-order valence-electron chi connectivity index (χ1n) is 8.12. The van der Waals surface area contributed by atoms with E-state index in [0.717, 1.165) is 29.3 Å². The number of fused-ring (bicyclic) bond motifs is 1. The van der Waals surface area contributed by atoms with Gasteiger partial charge in [0.2, 0.25) is 0 Å². The molecule has 4 heteroatoms. The normalized spacial score (nSPS) is 14.1. The topological polar surface area (TPSA) is 32.6 Å². The lowest BCUT2D eigenvalue weighted by atomic mass is 10.1. The molecule has 0 aliphatic carbocycles. The Hall–Kier alpha value is -3.01.